The van der Waals surface area contributed by atoms with Crippen LogP contribution in [0.4, 0.5) is 11.5 Å². The minimum Gasteiger partial charge on any atom is -0.480 e. The molecule has 1 aromatic heterocycles. The fourth-order valence-electron chi connectivity index (χ4n) is 2.50. The number of nitrogens with zero attached hydrogens (tertiary/aromatic N) is 2. The molecular formula is C18H15N3O3. The van der Waals surface area contributed by atoms with Crippen molar-refractivity contribution in [3.8, 4) is 0 Å². The SMILES string of the molecule is Nc1nccc2ccc(C(=O)N(CC(=O)O)c3ccccc3)cc12. The van der Waals surface area contributed by atoms with Gasteiger partial charge < -0.3 is 10.8 Å². The van der Waals surface area contributed by atoms with E-state index in [0.29, 0.717) is 22.5 Å². The van der Waals surface area contributed by atoms with Crippen LogP contribution in [-0.4, -0.2) is 28.5 Å². The Balaban J connectivity index is 2.04. The summed E-state index contributed by atoms with van der Waals surface area (Å²) in [5.74, 6) is -1.17. The van der Waals surface area contributed by atoms with Crippen LogP contribution in [0, 0.1) is 0 Å². The largest absolute Gasteiger partial charge is 0.480 e. The number of carboxylic acid groups (broad SMARTS) is 1. The van der Waals surface area contributed by atoms with Crippen LogP contribution in [0.15, 0.2) is 60.8 Å². The van der Waals surface area contributed by atoms with E-state index in [1.807, 2.05) is 0 Å². The number of nitrogen functional groups attached to an aromatic ring is 1. The lowest BCUT2D eigenvalue weighted by molar-refractivity contribution is -0.135. The van der Waals surface area contributed by atoms with Crippen molar-refractivity contribution in [1.82, 2.24) is 4.98 Å². The number of carboxylic acids is 1. The van der Waals surface area contributed by atoms with Crippen molar-refractivity contribution in [1.29, 1.82) is 0 Å². The minimum absolute atomic E-state index is 0.326. The monoisotopic (exact) mass is 321 g/mol. The number of carbonyl (C=O) groups excluding carboxylic acids is 1. The van der Waals surface area contributed by atoms with Gasteiger partial charge in [-0.15, -0.1) is 0 Å². The molecule has 24 heavy (non-hydrogen) atoms. The predicted octanol–water partition coefficient (Wildman–Crippen LogP) is 2.55. The van der Waals surface area contributed by atoms with Gasteiger partial charge in [-0.3, -0.25) is 14.5 Å². The third-order valence-electron chi connectivity index (χ3n) is 3.65. The Bertz CT molecular complexity index is 910. The molecule has 0 saturated heterocycles. The summed E-state index contributed by atoms with van der Waals surface area (Å²) < 4.78 is 0. The van der Waals surface area contributed by atoms with E-state index in [9.17, 15) is 9.59 Å². The molecule has 0 unspecified atom stereocenters. The molecule has 0 fully saturated rings. The lowest BCUT2D eigenvalue weighted by Crippen LogP contribution is -2.35. The number of nitrogens with two attached hydrogens (primary N) is 1. The summed E-state index contributed by atoms with van der Waals surface area (Å²) >= 11 is 0. The summed E-state index contributed by atoms with van der Waals surface area (Å²) in [4.78, 5) is 29.2. The molecule has 1 amide bonds. The van der Waals surface area contributed by atoms with E-state index < -0.39 is 18.4 Å². The number of hydrogen-bond donors (Lipinski definition) is 2. The zero-order valence-electron chi connectivity index (χ0n) is 12.7. The van der Waals surface area contributed by atoms with Gasteiger partial charge in [-0.1, -0.05) is 24.3 Å². The molecule has 0 aliphatic heterocycles. The van der Waals surface area contributed by atoms with Crippen LogP contribution in [0.1, 0.15) is 10.4 Å². The molecular weight excluding hydrogens is 306 g/mol. The number of anilines is 2. The van der Waals surface area contributed by atoms with Crippen molar-refractivity contribution in [2.45, 2.75) is 0 Å². The smallest absolute Gasteiger partial charge is 0.323 e. The number of aromatic nitrogens is 1. The molecule has 2 aromatic carbocycles. The topological polar surface area (TPSA) is 96.5 Å². The van der Waals surface area contributed by atoms with Gasteiger partial charge in [0, 0.05) is 22.8 Å². The number of rotatable bonds is 4. The van der Waals surface area contributed by atoms with Crippen LogP contribution in [0.5, 0.6) is 0 Å². The summed E-state index contributed by atoms with van der Waals surface area (Å²) in [6.45, 7) is -0.427. The van der Waals surface area contributed by atoms with Gasteiger partial charge in [0.25, 0.3) is 5.91 Å². The van der Waals surface area contributed by atoms with Gasteiger partial charge >= 0.3 is 5.97 Å². The van der Waals surface area contributed by atoms with E-state index in [-0.39, 0.29) is 0 Å². The molecule has 0 bridgehead atoms. The standard InChI is InChI=1S/C18H15N3O3/c19-17-15-10-13(7-6-12(15)8-9-20-17)18(24)21(11-16(22)23)14-4-2-1-3-5-14/h1-10H,11H2,(H2,19,20)(H,22,23). The van der Waals surface area contributed by atoms with Crippen molar-refractivity contribution < 1.29 is 14.7 Å². The third-order valence-corrected chi connectivity index (χ3v) is 3.65. The van der Waals surface area contributed by atoms with Crippen LogP contribution in [-0.2, 0) is 4.79 Å². The highest BCUT2D eigenvalue weighted by Crippen LogP contribution is 2.23. The molecule has 0 aliphatic carbocycles. The van der Waals surface area contributed by atoms with E-state index >= 15 is 0 Å². The molecule has 0 saturated carbocycles. The highest BCUT2D eigenvalue weighted by Gasteiger charge is 2.20. The van der Waals surface area contributed by atoms with Gasteiger partial charge in [-0.25, -0.2) is 4.98 Å². The molecule has 1 heterocycles. The first-order valence-electron chi connectivity index (χ1n) is 7.29. The number of para-hydroxylation sites is 1. The average Bonchev–Trinajstić information content (AvgIpc) is 2.60. The zero-order chi connectivity index (χ0) is 17.1. The number of pyridine rings is 1. The maximum Gasteiger partial charge on any atom is 0.323 e. The quantitative estimate of drug-likeness (QED) is 0.770. The van der Waals surface area contributed by atoms with E-state index in [1.165, 1.54) is 4.90 Å². The summed E-state index contributed by atoms with van der Waals surface area (Å²) in [7, 11) is 0. The van der Waals surface area contributed by atoms with E-state index in [1.54, 1.807) is 60.8 Å². The normalized spacial score (nSPS) is 10.5. The van der Waals surface area contributed by atoms with Crippen molar-refractivity contribution in [2.24, 2.45) is 0 Å². The number of amides is 1. The van der Waals surface area contributed by atoms with Gasteiger partial charge in [0.15, 0.2) is 0 Å². The second-order valence-electron chi connectivity index (χ2n) is 5.25. The maximum absolute atomic E-state index is 12.8. The lowest BCUT2D eigenvalue weighted by atomic mass is 10.1. The Morgan fingerprint density at radius 1 is 1.08 bits per heavy atom. The van der Waals surface area contributed by atoms with E-state index in [2.05, 4.69) is 4.98 Å². The summed E-state index contributed by atoms with van der Waals surface area (Å²) in [6, 6.07) is 15.5. The average molecular weight is 321 g/mol. The Morgan fingerprint density at radius 3 is 2.54 bits per heavy atom. The fourth-order valence-corrected chi connectivity index (χ4v) is 2.50. The number of aliphatic carboxylic acids is 1. The lowest BCUT2D eigenvalue weighted by Gasteiger charge is -2.21. The predicted molar refractivity (Wildman–Crippen MR) is 91.9 cm³/mol. The first kappa shape index (κ1) is 15.5. The number of carbonyl (C=O) groups is 2. The van der Waals surface area contributed by atoms with Gasteiger partial charge in [0.1, 0.15) is 12.4 Å². The molecule has 0 atom stereocenters. The second kappa shape index (κ2) is 6.37. The van der Waals surface area contributed by atoms with Gasteiger partial charge in [0.05, 0.1) is 0 Å². The molecule has 0 radical (unpaired) electrons. The molecule has 3 N–H and O–H groups in total. The van der Waals surface area contributed by atoms with Crippen LogP contribution in [0.2, 0.25) is 0 Å². The third kappa shape index (κ3) is 3.03. The molecule has 6 heteroatoms. The van der Waals surface area contributed by atoms with Crippen LogP contribution >= 0.6 is 0 Å². The zero-order valence-corrected chi connectivity index (χ0v) is 12.7. The molecule has 3 aromatic rings. The first-order chi connectivity index (χ1) is 11.6. The summed E-state index contributed by atoms with van der Waals surface area (Å²) in [6.07, 6.45) is 1.60. The van der Waals surface area contributed by atoms with Crippen molar-refractivity contribution >= 4 is 34.2 Å². The molecule has 0 aliphatic rings. The maximum atomic E-state index is 12.8. The molecule has 6 nitrogen and oxygen atoms in total. The number of hydrogen-bond acceptors (Lipinski definition) is 4. The fraction of sp³-hybridized carbons (Fsp3) is 0.0556. The Morgan fingerprint density at radius 2 is 1.83 bits per heavy atom. The molecule has 120 valence electrons. The van der Waals surface area contributed by atoms with Gasteiger partial charge in [-0.2, -0.15) is 0 Å². The summed E-state index contributed by atoms with van der Waals surface area (Å²) in [5, 5.41) is 10.7. The van der Waals surface area contributed by atoms with Crippen LogP contribution in [0.3, 0.4) is 0 Å². The molecule has 0 spiro atoms. The van der Waals surface area contributed by atoms with E-state index in [0.717, 1.165) is 5.39 Å². The van der Waals surface area contributed by atoms with Gasteiger partial charge in [-0.05, 0) is 35.7 Å². The van der Waals surface area contributed by atoms with Crippen molar-refractivity contribution in [3.05, 3.63) is 66.4 Å². The van der Waals surface area contributed by atoms with Crippen LogP contribution in [0.25, 0.3) is 10.8 Å². The number of fused-ring (bicyclic) bond motifs is 1. The highest BCUT2D eigenvalue weighted by atomic mass is 16.4. The summed E-state index contributed by atoms with van der Waals surface area (Å²) in [5.41, 5.74) is 6.73. The molecule has 3 rings (SSSR count). The second-order valence-corrected chi connectivity index (χ2v) is 5.25. The van der Waals surface area contributed by atoms with Gasteiger partial charge in [0.2, 0.25) is 0 Å². The minimum atomic E-state index is -1.09. The van der Waals surface area contributed by atoms with Crippen molar-refractivity contribution in [3.63, 3.8) is 0 Å². The first-order valence-corrected chi connectivity index (χ1v) is 7.29. The van der Waals surface area contributed by atoms with Crippen molar-refractivity contribution in [2.75, 3.05) is 17.2 Å². The highest BCUT2D eigenvalue weighted by molar-refractivity contribution is 6.10. The Hall–Kier alpha value is -3.41. The van der Waals surface area contributed by atoms with E-state index in [4.69, 9.17) is 10.8 Å². The Kier molecular flexibility index (Phi) is 4.11. The number of benzene rings is 2. The Labute approximate surface area is 138 Å². The van der Waals surface area contributed by atoms with Crippen LogP contribution < -0.4 is 10.6 Å².